The van der Waals surface area contributed by atoms with Crippen LogP contribution in [0.4, 0.5) is 4.79 Å². The first-order chi connectivity index (χ1) is 7.30. The average Bonchev–Trinajstić information content (AvgIpc) is 2.15. The molecule has 1 radical (unpaired) electrons. The summed E-state index contributed by atoms with van der Waals surface area (Å²) in [6.07, 6.45) is 0.761. The quantitative estimate of drug-likeness (QED) is 0.581. The number of carbonyl (C=O) groups is 2. The van der Waals surface area contributed by atoms with Gasteiger partial charge in [0.25, 0.3) is 0 Å². The van der Waals surface area contributed by atoms with Gasteiger partial charge in [-0.3, -0.25) is 11.2 Å². The molecular formula is C11H19NO4Y-2. The van der Waals surface area contributed by atoms with Crippen LogP contribution in [0.15, 0.2) is 0 Å². The van der Waals surface area contributed by atoms with Gasteiger partial charge < -0.3 is 21.3 Å². The van der Waals surface area contributed by atoms with E-state index in [0.29, 0.717) is 0 Å². The third-order valence-electron chi connectivity index (χ3n) is 1.60. The van der Waals surface area contributed by atoms with E-state index in [4.69, 9.17) is 4.74 Å². The number of hydrogen-bond donors (Lipinski definition) is 0. The van der Waals surface area contributed by atoms with Crippen molar-refractivity contribution in [2.45, 2.75) is 26.4 Å². The van der Waals surface area contributed by atoms with Crippen LogP contribution in [0.5, 0.6) is 0 Å². The summed E-state index contributed by atoms with van der Waals surface area (Å²) < 4.78 is 9.56. The Bertz CT molecular complexity index is 250. The van der Waals surface area contributed by atoms with Gasteiger partial charge in [-0.15, -0.1) is 6.54 Å². The second kappa shape index (κ2) is 8.75. The number of hydrogen-bond acceptors (Lipinski definition) is 4. The van der Waals surface area contributed by atoms with Crippen molar-refractivity contribution in [1.29, 1.82) is 0 Å². The fourth-order valence-electron chi connectivity index (χ4n) is 0.852. The molecule has 0 aromatic rings. The fourth-order valence-corrected chi connectivity index (χ4v) is 0.852. The zero-order valence-corrected chi connectivity index (χ0v) is 13.7. The molecule has 0 N–H and O–H groups in total. The Hall–Kier alpha value is -0.286. The Kier molecular flexibility index (Phi) is 9.82. The Morgan fingerprint density at radius 1 is 1.35 bits per heavy atom. The van der Waals surface area contributed by atoms with E-state index >= 15 is 0 Å². The van der Waals surface area contributed by atoms with Crippen molar-refractivity contribution in [3.8, 4) is 0 Å². The molecule has 0 saturated carbocycles. The molecule has 0 heterocycles. The van der Waals surface area contributed by atoms with E-state index < -0.39 is 17.7 Å². The van der Waals surface area contributed by atoms with Crippen LogP contribution in [0, 0.1) is 13.3 Å². The normalized spacial score (nSPS) is 9.94. The number of nitrogens with zero attached hydrogens (tertiary/aromatic N) is 1. The molecule has 0 rings (SSSR count). The predicted octanol–water partition coefficient (Wildman–Crippen LogP) is 1.43. The van der Waals surface area contributed by atoms with Gasteiger partial charge in [0.15, 0.2) is 5.97 Å². The molecule has 17 heavy (non-hydrogen) atoms. The van der Waals surface area contributed by atoms with Crippen LogP contribution in [-0.4, -0.2) is 42.8 Å². The largest absolute Gasteiger partial charge is 0.491 e. The minimum Gasteiger partial charge on any atom is -0.491 e. The van der Waals surface area contributed by atoms with E-state index in [-0.39, 0.29) is 45.8 Å². The van der Waals surface area contributed by atoms with Crippen molar-refractivity contribution in [3.63, 3.8) is 0 Å². The molecule has 0 aliphatic carbocycles. The second-order valence-corrected chi connectivity index (χ2v) is 4.15. The summed E-state index contributed by atoms with van der Waals surface area (Å²) in [7, 11) is 1.28. The molecule has 6 heteroatoms. The molecule has 0 saturated heterocycles. The molecule has 0 aliphatic heterocycles. The SMILES string of the molecule is [CH2-]CN(C[CH-]C(=O)OC)C(=O)OC(C)(C)C.[Y]. The van der Waals surface area contributed by atoms with E-state index in [1.807, 2.05) is 0 Å². The van der Waals surface area contributed by atoms with Gasteiger partial charge in [-0.25, -0.2) is 4.79 Å². The summed E-state index contributed by atoms with van der Waals surface area (Å²) in [5, 5.41) is 0. The van der Waals surface area contributed by atoms with Crippen molar-refractivity contribution in [1.82, 2.24) is 4.90 Å². The zero-order valence-electron chi connectivity index (χ0n) is 10.9. The third-order valence-corrected chi connectivity index (χ3v) is 1.60. The molecule has 1 amide bonds. The first-order valence-electron chi connectivity index (χ1n) is 4.98. The molecule has 0 aliphatic rings. The van der Waals surface area contributed by atoms with Gasteiger partial charge in [0, 0.05) is 32.7 Å². The zero-order chi connectivity index (χ0) is 12.8. The van der Waals surface area contributed by atoms with Crippen molar-refractivity contribution in [2.24, 2.45) is 0 Å². The van der Waals surface area contributed by atoms with Crippen molar-refractivity contribution < 1.29 is 51.8 Å². The minimum absolute atomic E-state index is 0. The Balaban J connectivity index is 0. The van der Waals surface area contributed by atoms with Crippen LogP contribution in [0.1, 0.15) is 20.8 Å². The first kappa shape index (κ1) is 19.1. The molecule has 0 aromatic heterocycles. The third kappa shape index (κ3) is 9.42. The van der Waals surface area contributed by atoms with Crippen molar-refractivity contribution in [2.75, 3.05) is 20.2 Å². The van der Waals surface area contributed by atoms with Crippen LogP contribution in [0.25, 0.3) is 0 Å². The fraction of sp³-hybridized carbons (Fsp3) is 0.636. The number of methoxy groups -OCH3 is 1. The maximum Gasteiger partial charge on any atom is 0.405 e. The molecule has 5 nitrogen and oxygen atoms in total. The predicted molar refractivity (Wildman–Crippen MR) is 59.5 cm³/mol. The summed E-state index contributed by atoms with van der Waals surface area (Å²) in [6.45, 7) is 9.27. The summed E-state index contributed by atoms with van der Waals surface area (Å²) in [6, 6.07) is 0. The molecule has 0 aromatic carbocycles. The topological polar surface area (TPSA) is 55.8 Å². The van der Waals surface area contributed by atoms with E-state index in [2.05, 4.69) is 11.7 Å². The molecule has 97 valence electrons. The molecule has 0 bridgehead atoms. The van der Waals surface area contributed by atoms with Crippen LogP contribution < -0.4 is 0 Å². The van der Waals surface area contributed by atoms with Crippen LogP contribution in [-0.2, 0) is 47.0 Å². The van der Waals surface area contributed by atoms with Gasteiger partial charge in [-0.05, 0) is 20.8 Å². The monoisotopic (exact) mass is 318 g/mol. The number of rotatable bonds is 4. The van der Waals surface area contributed by atoms with Crippen molar-refractivity contribution >= 4 is 12.1 Å². The van der Waals surface area contributed by atoms with E-state index in [1.165, 1.54) is 18.4 Å². The minimum atomic E-state index is -0.560. The number of carbonyl (C=O) groups excluding carboxylic acids is 2. The van der Waals surface area contributed by atoms with Crippen LogP contribution >= 0.6 is 0 Å². The van der Waals surface area contributed by atoms with Gasteiger partial charge in [-0.2, -0.15) is 0 Å². The summed E-state index contributed by atoms with van der Waals surface area (Å²) in [5.74, 6) is -0.484. The molecule has 0 unspecified atom stereocenters. The smallest absolute Gasteiger partial charge is 0.405 e. The summed E-state index contributed by atoms with van der Waals surface area (Å²) in [4.78, 5) is 23.8. The molecule has 0 fully saturated rings. The van der Waals surface area contributed by atoms with E-state index in [9.17, 15) is 9.59 Å². The van der Waals surface area contributed by atoms with E-state index in [0.717, 1.165) is 0 Å². The summed E-state index contributed by atoms with van der Waals surface area (Å²) >= 11 is 0. The van der Waals surface area contributed by atoms with Gasteiger partial charge in [0.05, 0.1) is 7.11 Å². The number of ether oxygens (including phenoxy) is 2. The summed E-state index contributed by atoms with van der Waals surface area (Å²) in [5.41, 5.74) is -0.560. The second-order valence-electron chi connectivity index (χ2n) is 4.15. The maximum absolute atomic E-state index is 11.6. The Morgan fingerprint density at radius 2 is 1.88 bits per heavy atom. The Morgan fingerprint density at radius 3 is 2.24 bits per heavy atom. The van der Waals surface area contributed by atoms with Crippen molar-refractivity contribution in [3.05, 3.63) is 13.3 Å². The van der Waals surface area contributed by atoms with Gasteiger partial charge in [-0.1, -0.05) is 6.54 Å². The van der Waals surface area contributed by atoms with Gasteiger partial charge in [0.1, 0.15) is 5.60 Å². The molecule has 0 atom stereocenters. The maximum atomic E-state index is 11.6. The van der Waals surface area contributed by atoms with Crippen LogP contribution in [0.3, 0.4) is 0 Å². The van der Waals surface area contributed by atoms with Crippen LogP contribution in [0.2, 0.25) is 0 Å². The molecule has 0 spiro atoms. The van der Waals surface area contributed by atoms with Gasteiger partial charge in [0.2, 0.25) is 0 Å². The molecular weight excluding hydrogens is 299 g/mol. The standard InChI is InChI=1S/C11H19NO4.Y/c1-6-12(8-7-9(13)15-5)10(14)16-11(2,3)4;/h7H,1,6,8H2,2-5H3;/q-2;. The number of amides is 1. The Labute approximate surface area is 128 Å². The number of esters is 1. The van der Waals surface area contributed by atoms with Gasteiger partial charge >= 0.3 is 6.09 Å². The first-order valence-corrected chi connectivity index (χ1v) is 4.98. The van der Waals surface area contributed by atoms with E-state index in [1.54, 1.807) is 20.8 Å². The average molecular weight is 318 g/mol.